The first-order chi connectivity index (χ1) is 13.0. The molecule has 2 saturated heterocycles. The summed E-state index contributed by atoms with van der Waals surface area (Å²) in [7, 11) is 4.22. The van der Waals surface area contributed by atoms with Gasteiger partial charge in [0.05, 0.1) is 12.6 Å². The molecule has 0 N–H and O–H groups in total. The molecule has 0 saturated carbocycles. The van der Waals surface area contributed by atoms with Crippen molar-refractivity contribution in [3.63, 3.8) is 0 Å². The van der Waals surface area contributed by atoms with Crippen LogP contribution in [0.5, 0.6) is 0 Å². The number of hydrogen-bond donors (Lipinski definition) is 0. The normalized spacial score (nSPS) is 23.2. The lowest BCUT2D eigenvalue weighted by molar-refractivity contribution is -0.136. The highest BCUT2D eigenvalue weighted by Crippen LogP contribution is 2.43. The van der Waals surface area contributed by atoms with Gasteiger partial charge in [-0.2, -0.15) is 0 Å². The Morgan fingerprint density at radius 3 is 2.59 bits per heavy atom. The zero-order valence-corrected chi connectivity index (χ0v) is 17.7. The van der Waals surface area contributed by atoms with Gasteiger partial charge in [0.25, 0.3) is 0 Å². The van der Waals surface area contributed by atoms with Gasteiger partial charge in [-0.25, -0.2) is 4.98 Å². The van der Waals surface area contributed by atoms with Gasteiger partial charge >= 0.3 is 0 Å². The topological polar surface area (TPSA) is 44.6 Å². The molecule has 6 nitrogen and oxygen atoms in total. The van der Waals surface area contributed by atoms with Crippen LogP contribution in [0.2, 0.25) is 0 Å². The second-order valence-corrected chi connectivity index (χ2v) is 8.71. The smallest absolute Gasteiger partial charge is 0.240 e. The van der Waals surface area contributed by atoms with Crippen molar-refractivity contribution in [3.05, 3.63) is 18.2 Å². The molecule has 3 rings (SSSR count). The maximum atomic E-state index is 13.6. The summed E-state index contributed by atoms with van der Waals surface area (Å²) in [6.45, 7) is 10.2. The summed E-state index contributed by atoms with van der Waals surface area (Å²) in [5.41, 5.74) is 0.336. The minimum Gasteiger partial charge on any atom is -0.337 e. The molecule has 0 aliphatic carbocycles. The lowest BCUT2D eigenvalue weighted by Gasteiger charge is -2.37. The van der Waals surface area contributed by atoms with Crippen LogP contribution < -0.4 is 0 Å². The van der Waals surface area contributed by atoms with E-state index in [2.05, 4.69) is 35.7 Å². The van der Waals surface area contributed by atoms with Gasteiger partial charge < -0.3 is 14.4 Å². The van der Waals surface area contributed by atoms with Gasteiger partial charge in [0.2, 0.25) is 5.91 Å². The van der Waals surface area contributed by atoms with E-state index >= 15 is 0 Å². The molecule has 2 aliphatic rings. The second-order valence-electron chi connectivity index (χ2n) is 8.71. The zero-order valence-electron chi connectivity index (χ0n) is 17.7. The van der Waals surface area contributed by atoms with Gasteiger partial charge in [-0.3, -0.25) is 9.69 Å². The van der Waals surface area contributed by atoms with Gasteiger partial charge in [0.1, 0.15) is 5.82 Å². The number of amides is 1. The van der Waals surface area contributed by atoms with E-state index < -0.39 is 0 Å². The van der Waals surface area contributed by atoms with E-state index in [4.69, 9.17) is 0 Å². The lowest BCUT2D eigenvalue weighted by Crippen LogP contribution is -2.46. The Balaban J connectivity index is 1.75. The van der Waals surface area contributed by atoms with Crippen LogP contribution in [-0.2, 0) is 18.4 Å². The van der Waals surface area contributed by atoms with Crippen molar-refractivity contribution in [1.29, 1.82) is 0 Å². The first kappa shape index (κ1) is 20.3. The van der Waals surface area contributed by atoms with Crippen molar-refractivity contribution in [2.45, 2.75) is 58.5 Å². The largest absolute Gasteiger partial charge is 0.337 e. The number of likely N-dealkylation sites (tertiary alicyclic amines) is 2. The second kappa shape index (κ2) is 8.74. The molecule has 1 aromatic heterocycles. The third-order valence-electron chi connectivity index (χ3n) is 6.51. The molecule has 0 aromatic carbocycles. The molecule has 2 aliphatic heterocycles. The third kappa shape index (κ3) is 4.54. The van der Waals surface area contributed by atoms with E-state index in [0.717, 1.165) is 57.8 Å². The molecule has 2 fully saturated rings. The molecule has 152 valence electrons. The Bertz CT molecular complexity index is 620. The summed E-state index contributed by atoms with van der Waals surface area (Å²) in [4.78, 5) is 25.0. The highest BCUT2D eigenvalue weighted by Gasteiger charge is 2.48. The number of hydrogen-bond acceptors (Lipinski definition) is 4. The van der Waals surface area contributed by atoms with E-state index in [-0.39, 0.29) is 6.04 Å². The van der Waals surface area contributed by atoms with Crippen molar-refractivity contribution in [2.75, 3.05) is 39.8 Å². The van der Waals surface area contributed by atoms with Crippen molar-refractivity contribution in [2.24, 2.45) is 12.5 Å². The van der Waals surface area contributed by atoms with E-state index in [9.17, 15) is 4.79 Å². The molecule has 0 unspecified atom stereocenters. The highest BCUT2D eigenvalue weighted by molar-refractivity contribution is 5.82. The number of carbonyl (C=O) groups excluding carboxylic acids is 1. The molecule has 1 aromatic rings. The van der Waals surface area contributed by atoms with Crippen LogP contribution in [0.15, 0.2) is 12.4 Å². The standard InChI is InChI=1S/C21H37N5O/c1-5-10-25(16-19-22-9-14-24(19)4)20(27)18-15-21(17-26(18)11-6-2)7-12-23(3)13-8-21/h9,14,18H,5-8,10-13,15-17H2,1-4H3/t18-/m0/s1. The molecule has 1 amide bonds. The van der Waals surface area contributed by atoms with Crippen LogP contribution >= 0.6 is 0 Å². The number of aryl methyl sites for hydroxylation is 1. The predicted octanol–water partition coefficient (Wildman–Crippen LogP) is 2.35. The number of imidazole rings is 1. The van der Waals surface area contributed by atoms with E-state index in [1.54, 1.807) is 0 Å². The summed E-state index contributed by atoms with van der Waals surface area (Å²) in [6, 6.07) is 0.0418. The molecular formula is C21H37N5O. The zero-order chi connectivity index (χ0) is 19.4. The molecule has 3 heterocycles. The molecule has 1 spiro atoms. The van der Waals surface area contributed by atoms with Crippen LogP contribution in [0.25, 0.3) is 0 Å². The Hall–Kier alpha value is -1.40. The lowest BCUT2D eigenvalue weighted by atomic mass is 9.76. The van der Waals surface area contributed by atoms with Crippen molar-refractivity contribution in [1.82, 2.24) is 24.3 Å². The van der Waals surface area contributed by atoms with Gasteiger partial charge in [-0.15, -0.1) is 0 Å². The molecule has 0 bridgehead atoms. The van der Waals surface area contributed by atoms with Crippen molar-refractivity contribution >= 4 is 5.91 Å². The van der Waals surface area contributed by atoms with Gasteiger partial charge in [-0.1, -0.05) is 13.8 Å². The quantitative estimate of drug-likeness (QED) is 0.734. The maximum Gasteiger partial charge on any atom is 0.240 e. The molecule has 1 atom stereocenters. The summed E-state index contributed by atoms with van der Waals surface area (Å²) >= 11 is 0. The maximum absolute atomic E-state index is 13.6. The fourth-order valence-electron chi connectivity index (χ4n) is 4.83. The summed E-state index contributed by atoms with van der Waals surface area (Å²) in [5, 5.41) is 0. The van der Waals surface area contributed by atoms with Gasteiger partial charge in [0, 0.05) is 32.5 Å². The van der Waals surface area contributed by atoms with Crippen molar-refractivity contribution in [3.8, 4) is 0 Å². The summed E-state index contributed by atoms with van der Waals surface area (Å²) in [6.07, 6.45) is 9.33. The van der Waals surface area contributed by atoms with Gasteiger partial charge in [0.15, 0.2) is 0 Å². The Labute approximate surface area is 164 Å². The minimum absolute atomic E-state index is 0.0418. The van der Waals surface area contributed by atoms with Crippen LogP contribution in [0.3, 0.4) is 0 Å². The van der Waals surface area contributed by atoms with Crippen LogP contribution in [0, 0.1) is 5.41 Å². The van der Waals surface area contributed by atoms with Crippen LogP contribution in [0.4, 0.5) is 0 Å². The first-order valence-corrected chi connectivity index (χ1v) is 10.7. The Kier molecular flexibility index (Phi) is 6.58. The number of aromatic nitrogens is 2. The molecular weight excluding hydrogens is 338 g/mol. The summed E-state index contributed by atoms with van der Waals surface area (Å²) < 4.78 is 2.02. The number of nitrogens with zero attached hydrogens (tertiary/aromatic N) is 5. The van der Waals surface area contributed by atoms with Crippen LogP contribution in [0.1, 0.15) is 51.8 Å². The number of rotatable bonds is 7. The summed E-state index contributed by atoms with van der Waals surface area (Å²) in [5.74, 6) is 1.27. The predicted molar refractivity (Wildman–Crippen MR) is 108 cm³/mol. The van der Waals surface area contributed by atoms with Crippen LogP contribution in [-0.4, -0.2) is 76.0 Å². The average Bonchev–Trinajstić information content (AvgIpc) is 3.21. The van der Waals surface area contributed by atoms with Gasteiger partial charge in [-0.05, 0) is 64.2 Å². The van der Waals surface area contributed by atoms with E-state index in [1.165, 1.54) is 12.8 Å². The Morgan fingerprint density at radius 2 is 2.00 bits per heavy atom. The number of piperidine rings is 1. The monoisotopic (exact) mass is 375 g/mol. The third-order valence-corrected chi connectivity index (χ3v) is 6.51. The fraction of sp³-hybridized carbons (Fsp3) is 0.810. The van der Waals surface area contributed by atoms with E-state index in [1.807, 2.05) is 28.9 Å². The number of carbonyl (C=O) groups is 1. The fourth-order valence-corrected chi connectivity index (χ4v) is 4.83. The average molecular weight is 376 g/mol. The van der Waals surface area contributed by atoms with Crippen molar-refractivity contribution < 1.29 is 4.79 Å². The minimum atomic E-state index is 0.0418. The molecule has 0 radical (unpaired) electrons. The van der Waals surface area contributed by atoms with E-state index in [0.29, 0.717) is 17.9 Å². The Morgan fingerprint density at radius 1 is 1.26 bits per heavy atom. The SMILES string of the molecule is CCCN(Cc1nccn1C)C(=O)[C@@H]1CC2(CCN(C)CC2)CN1CCC. The first-order valence-electron chi connectivity index (χ1n) is 10.7. The highest BCUT2D eigenvalue weighted by atomic mass is 16.2. The molecule has 27 heavy (non-hydrogen) atoms. The molecule has 6 heteroatoms.